The minimum absolute atomic E-state index is 0.128. The molecule has 0 heterocycles. The smallest absolute Gasteiger partial charge is 0.203 e. The van der Waals surface area contributed by atoms with Crippen molar-refractivity contribution in [3.63, 3.8) is 0 Å². The third-order valence-electron chi connectivity index (χ3n) is 2.63. The molecule has 5 nitrogen and oxygen atoms in total. The minimum atomic E-state index is -0.128. The van der Waals surface area contributed by atoms with E-state index in [1.54, 1.807) is 21.3 Å². The van der Waals surface area contributed by atoms with Gasteiger partial charge in [0.25, 0.3) is 0 Å². The van der Waals surface area contributed by atoms with E-state index >= 15 is 0 Å². The molecule has 1 rings (SSSR count). The molecule has 5 heteroatoms. The fraction of sp³-hybridized carbons (Fsp3) is 0.600. The van der Waals surface area contributed by atoms with Crippen LogP contribution in [0.3, 0.4) is 0 Å². The zero-order valence-electron chi connectivity index (χ0n) is 13.2. The maximum atomic E-state index is 5.66. The quantitative estimate of drug-likeness (QED) is 0.780. The van der Waals surface area contributed by atoms with Crippen LogP contribution in [0, 0.1) is 0 Å². The first kappa shape index (κ1) is 16.4. The molecule has 114 valence electrons. The number of benzene rings is 1. The molecule has 0 atom stereocenters. The van der Waals surface area contributed by atoms with E-state index in [4.69, 9.17) is 18.9 Å². The van der Waals surface area contributed by atoms with Gasteiger partial charge in [-0.2, -0.15) is 0 Å². The van der Waals surface area contributed by atoms with Crippen molar-refractivity contribution in [1.82, 2.24) is 0 Å². The molecule has 20 heavy (non-hydrogen) atoms. The molecular formula is C15H25NO4. The van der Waals surface area contributed by atoms with Crippen molar-refractivity contribution >= 4 is 5.69 Å². The average Bonchev–Trinajstić information content (AvgIpc) is 2.41. The van der Waals surface area contributed by atoms with Gasteiger partial charge in [-0.25, -0.2) is 0 Å². The lowest BCUT2D eigenvalue weighted by molar-refractivity contribution is 0.00333. The number of hydrogen-bond donors (Lipinski definition) is 1. The van der Waals surface area contributed by atoms with Crippen molar-refractivity contribution < 1.29 is 18.9 Å². The van der Waals surface area contributed by atoms with Crippen molar-refractivity contribution in [3.8, 4) is 17.2 Å². The molecular weight excluding hydrogens is 258 g/mol. The third-order valence-corrected chi connectivity index (χ3v) is 2.63. The van der Waals surface area contributed by atoms with Crippen LogP contribution in [0.15, 0.2) is 12.1 Å². The van der Waals surface area contributed by atoms with Gasteiger partial charge in [-0.15, -0.1) is 0 Å². The first-order valence-corrected chi connectivity index (χ1v) is 6.59. The van der Waals surface area contributed by atoms with Crippen molar-refractivity contribution in [1.29, 1.82) is 0 Å². The van der Waals surface area contributed by atoms with E-state index in [-0.39, 0.29) is 5.60 Å². The summed E-state index contributed by atoms with van der Waals surface area (Å²) in [4.78, 5) is 0. The highest BCUT2D eigenvalue weighted by molar-refractivity contribution is 5.62. The van der Waals surface area contributed by atoms with Gasteiger partial charge in [0.1, 0.15) is 0 Å². The van der Waals surface area contributed by atoms with Gasteiger partial charge in [-0.3, -0.25) is 0 Å². The maximum Gasteiger partial charge on any atom is 0.203 e. The molecule has 0 saturated heterocycles. The van der Waals surface area contributed by atoms with Crippen LogP contribution >= 0.6 is 0 Å². The Labute approximate surface area is 121 Å². The van der Waals surface area contributed by atoms with Crippen molar-refractivity contribution in [2.45, 2.75) is 26.4 Å². The summed E-state index contributed by atoms with van der Waals surface area (Å²) in [6, 6.07) is 3.75. The van der Waals surface area contributed by atoms with E-state index in [0.717, 1.165) is 5.69 Å². The second-order valence-corrected chi connectivity index (χ2v) is 5.30. The number of hydrogen-bond acceptors (Lipinski definition) is 5. The van der Waals surface area contributed by atoms with Gasteiger partial charge in [0.15, 0.2) is 11.5 Å². The zero-order chi connectivity index (χ0) is 15.2. The molecule has 0 spiro atoms. The molecule has 0 aliphatic rings. The fourth-order valence-corrected chi connectivity index (χ4v) is 1.74. The number of anilines is 1. The van der Waals surface area contributed by atoms with E-state index in [1.165, 1.54) is 0 Å². The lowest BCUT2D eigenvalue weighted by Gasteiger charge is -2.20. The Morgan fingerprint density at radius 1 is 0.950 bits per heavy atom. The Balaban J connectivity index is 2.71. The van der Waals surface area contributed by atoms with E-state index in [9.17, 15) is 0 Å². The van der Waals surface area contributed by atoms with Crippen LogP contribution in [0.1, 0.15) is 20.8 Å². The summed E-state index contributed by atoms with van der Waals surface area (Å²) in [6.07, 6.45) is 0. The van der Waals surface area contributed by atoms with Crippen LogP contribution in [-0.4, -0.2) is 40.1 Å². The summed E-state index contributed by atoms with van der Waals surface area (Å²) in [5.41, 5.74) is 0.772. The first-order valence-electron chi connectivity index (χ1n) is 6.59. The Morgan fingerprint density at radius 2 is 1.50 bits per heavy atom. The van der Waals surface area contributed by atoms with Gasteiger partial charge in [0, 0.05) is 24.4 Å². The standard InChI is InChI=1S/C15H25NO4/c1-15(2,3)20-8-7-16-11-9-12(17-4)14(19-6)13(10-11)18-5/h9-10,16H,7-8H2,1-6H3. The molecule has 0 aliphatic heterocycles. The molecule has 0 aromatic heterocycles. The molecule has 0 bridgehead atoms. The molecule has 1 N–H and O–H groups in total. The summed E-state index contributed by atoms with van der Waals surface area (Å²) < 4.78 is 21.5. The maximum absolute atomic E-state index is 5.66. The summed E-state index contributed by atoms with van der Waals surface area (Å²) in [5.74, 6) is 1.85. The third kappa shape index (κ3) is 4.81. The van der Waals surface area contributed by atoms with E-state index in [0.29, 0.717) is 30.4 Å². The summed E-state index contributed by atoms with van der Waals surface area (Å²) in [6.45, 7) is 7.43. The lowest BCUT2D eigenvalue weighted by Crippen LogP contribution is -2.23. The number of rotatable bonds is 7. The highest BCUT2D eigenvalue weighted by Crippen LogP contribution is 2.39. The summed E-state index contributed by atoms with van der Waals surface area (Å²) in [5, 5.41) is 3.28. The highest BCUT2D eigenvalue weighted by atomic mass is 16.5. The summed E-state index contributed by atoms with van der Waals surface area (Å²) in [7, 11) is 4.79. The van der Waals surface area contributed by atoms with Crippen LogP contribution in [0.2, 0.25) is 0 Å². The zero-order valence-corrected chi connectivity index (χ0v) is 13.2. The lowest BCUT2D eigenvalue weighted by atomic mass is 10.2. The Hall–Kier alpha value is -1.62. The predicted molar refractivity (Wildman–Crippen MR) is 80.3 cm³/mol. The highest BCUT2D eigenvalue weighted by Gasteiger charge is 2.13. The summed E-state index contributed by atoms with van der Waals surface area (Å²) >= 11 is 0. The van der Waals surface area contributed by atoms with Crippen molar-refractivity contribution in [2.75, 3.05) is 39.8 Å². The van der Waals surface area contributed by atoms with E-state index < -0.39 is 0 Å². The van der Waals surface area contributed by atoms with Crippen LogP contribution in [0.25, 0.3) is 0 Å². The van der Waals surface area contributed by atoms with E-state index in [1.807, 2.05) is 32.9 Å². The first-order chi connectivity index (χ1) is 9.41. The molecule has 0 fully saturated rings. The second-order valence-electron chi connectivity index (χ2n) is 5.30. The van der Waals surface area contributed by atoms with Crippen LogP contribution in [0.5, 0.6) is 17.2 Å². The Kier molecular flexibility index (Phi) is 5.95. The molecule has 0 saturated carbocycles. The minimum Gasteiger partial charge on any atom is -0.493 e. The Bertz CT molecular complexity index is 401. The van der Waals surface area contributed by atoms with Gasteiger partial charge in [0.05, 0.1) is 33.5 Å². The van der Waals surface area contributed by atoms with Crippen LogP contribution in [0.4, 0.5) is 5.69 Å². The molecule has 1 aromatic rings. The molecule has 0 amide bonds. The fourth-order valence-electron chi connectivity index (χ4n) is 1.74. The largest absolute Gasteiger partial charge is 0.493 e. The number of methoxy groups -OCH3 is 3. The Morgan fingerprint density at radius 3 is 1.90 bits per heavy atom. The van der Waals surface area contributed by atoms with Crippen LogP contribution < -0.4 is 19.5 Å². The molecule has 0 radical (unpaired) electrons. The monoisotopic (exact) mass is 283 g/mol. The molecule has 1 aromatic carbocycles. The van der Waals surface area contributed by atoms with Gasteiger partial charge < -0.3 is 24.3 Å². The SMILES string of the molecule is COc1cc(NCCOC(C)(C)C)cc(OC)c1OC. The topological polar surface area (TPSA) is 49.0 Å². The number of ether oxygens (including phenoxy) is 4. The van der Waals surface area contributed by atoms with Gasteiger partial charge in [-0.1, -0.05) is 0 Å². The molecule has 0 unspecified atom stereocenters. The van der Waals surface area contributed by atoms with Gasteiger partial charge in [-0.05, 0) is 20.8 Å². The second kappa shape index (κ2) is 7.24. The van der Waals surface area contributed by atoms with E-state index in [2.05, 4.69) is 5.32 Å². The van der Waals surface area contributed by atoms with Gasteiger partial charge >= 0.3 is 0 Å². The van der Waals surface area contributed by atoms with Crippen LogP contribution in [-0.2, 0) is 4.74 Å². The number of nitrogens with one attached hydrogen (secondary N) is 1. The predicted octanol–water partition coefficient (Wildman–Crippen LogP) is 2.94. The van der Waals surface area contributed by atoms with Gasteiger partial charge in [0.2, 0.25) is 5.75 Å². The average molecular weight is 283 g/mol. The van der Waals surface area contributed by atoms with Crippen molar-refractivity contribution in [3.05, 3.63) is 12.1 Å². The normalized spacial score (nSPS) is 11.1. The van der Waals surface area contributed by atoms with Crippen molar-refractivity contribution in [2.24, 2.45) is 0 Å². The molecule has 0 aliphatic carbocycles.